The molecule has 0 saturated carbocycles. The van der Waals surface area contributed by atoms with E-state index in [0.29, 0.717) is 23.3 Å². The highest BCUT2D eigenvalue weighted by atomic mass is 32.2. The largest absolute Gasteiger partial charge is 0.313 e. The van der Waals surface area contributed by atoms with E-state index in [1.165, 1.54) is 11.3 Å². The van der Waals surface area contributed by atoms with E-state index < -0.39 is 10.0 Å². The fraction of sp³-hybridized carbons (Fsp3) is 0.692. The van der Waals surface area contributed by atoms with E-state index in [1.807, 2.05) is 13.0 Å². The Kier molecular flexibility index (Phi) is 5.00. The van der Waals surface area contributed by atoms with Gasteiger partial charge in [0.15, 0.2) is 0 Å². The predicted molar refractivity (Wildman–Crippen MR) is 79.2 cm³/mol. The molecule has 0 aromatic carbocycles. The molecule has 2 rings (SSSR count). The number of rotatable bonds is 5. The minimum Gasteiger partial charge on any atom is -0.313 e. The van der Waals surface area contributed by atoms with Crippen LogP contribution in [-0.4, -0.2) is 38.4 Å². The highest BCUT2D eigenvalue weighted by Gasteiger charge is 2.30. The third kappa shape index (κ3) is 3.37. The van der Waals surface area contributed by atoms with E-state index in [9.17, 15) is 8.42 Å². The summed E-state index contributed by atoms with van der Waals surface area (Å²) in [5.41, 5.74) is 0. The normalized spacial score (nSPS) is 21.7. The van der Waals surface area contributed by atoms with Gasteiger partial charge in [-0.25, -0.2) is 8.42 Å². The van der Waals surface area contributed by atoms with Gasteiger partial charge < -0.3 is 5.32 Å². The maximum atomic E-state index is 12.6. The number of nitrogens with one attached hydrogen (secondary N) is 1. The number of nitrogens with zero attached hydrogens (tertiary/aromatic N) is 1. The second-order valence-corrected chi connectivity index (χ2v) is 8.17. The van der Waals surface area contributed by atoms with Crippen molar-refractivity contribution in [3.63, 3.8) is 0 Å². The van der Waals surface area contributed by atoms with Crippen LogP contribution < -0.4 is 5.32 Å². The lowest BCUT2D eigenvalue weighted by molar-refractivity contribution is 0.286. The van der Waals surface area contributed by atoms with Gasteiger partial charge in [0.05, 0.1) is 0 Å². The summed E-state index contributed by atoms with van der Waals surface area (Å²) < 4.78 is 27.3. The molecule has 1 N–H and O–H groups in total. The average molecular weight is 302 g/mol. The van der Waals surface area contributed by atoms with Crippen molar-refractivity contribution in [1.29, 1.82) is 0 Å². The van der Waals surface area contributed by atoms with Crippen LogP contribution >= 0.6 is 11.3 Å². The lowest BCUT2D eigenvalue weighted by Crippen LogP contribution is -2.47. The van der Waals surface area contributed by atoms with Gasteiger partial charge in [-0.05, 0) is 37.9 Å². The Morgan fingerprint density at radius 2 is 2.21 bits per heavy atom. The Balaban J connectivity index is 2.14. The molecule has 6 heteroatoms. The van der Waals surface area contributed by atoms with Gasteiger partial charge in [-0.1, -0.05) is 13.8 Å². The number of thiophene rings is 1. The quantitative estimate of drug-likeness (QED) is 0.906. The summed E-state index contributed by atoms with van der Waals surface area (Å²) in [5, 5.41) is 3.35. The number of hydrogen-bond donors (Lipinski definition) is 1. The molecular formula is C13H22N2O2S2. The lowest BCUT2D eigenvalue weighted by Gasteiger charge is -2.31. The first-order valence-corrected chi connectivity index (χ1v) is 9.15. The molecule has 0 aliphatic carbocycles. The summed E-state index contributed by atoms with van der Waals surface area (Å²) >= 11 is 1.40. The molecule has 1 atom stereocenters. The van der Waals surface area contributed by atoms with Gasteiger partial charge in [0, 0.05) is 24.0 Å². The molecule has 0 amide bonds. The maximum absolute atomic E-state index is 12.6. The van der Waals surface area contributed by atoms with Crippen LogP contribution in [0.25, 0.3) is 0 Å². The SMILES string of the molecule is CCNC1CCCN(S(=O)(=O)c2ccc(CC)s2)C1. The fourth-order valence-electron chi connectivity index (χ4n) is 2.43. The molecule has 1 fully saturated rings. The first-order chi connectivity index (χ1) is 9.07. The molecule has 1 saturated heterocycles. The molecule has 1 aliphatic heterocycles. The Bertz CT molecular complexity index is 508. The first-order valence-electron chi connectivity index (χ1n) is 6.90. The predicted octanol–water partition coefficient (Wildman–Crippen LogP) is 2.07. The molecule has 108 valence electrons. The Labute approximate surface area is 119 Å². The fourth-order valence-corrected chi connectivity index (χ4v) is 5.40. The van der Waals surface area contributed by atoms with E-state index in [1.54, 1.807) is 10.4 Å². The maximum Gasteiger partial charge on any atom is 0.252 e. The van der Waals surface area contributed by atoms with Gasteiger partial charge in [0.2, 0.25) is 0 Å². The molecule has 19 heavy (non-hydrogen) atoms. The zero-order valence-corrected chi connectivity index (χ0v) is 13.2. The molecule has 1 aliphatic rings. The zero-order chi connectivity index (χ0) is 13.9. The number of piperidine rings is 1. The number of aryl methyl sites for hydroxylation is 1. The highest BCUT2D eigenvalue weighted by Crippen LogP contribution is 2.27. The molecule has 0 radical (unpaired) electrons. The van der Waals surface area contributed by atoms with Crippen LogP contribution in [0.3, 0.4) is 0 Å². The van der Waals surface area contributed by atoms with Gasteiger partial charge in [-0.2, -0.15) is 4.31 Å². The van der Waals surface area contributed by atoms with Crippen molar-refractivity contribution >= 4 is 21.4 Å². The van der Waals surface area contributed by atoms with E-state index in [0.717, 1.165) is 30.7 Å². The number of sulfonamides is 1. The van der Waals surface area contributed by atoms with Crippen molar-refractivity contribution in [2.75, 3.05) is 19.6 Å². The van der Waals surface area contributed by atoms with Gasteiger partial charge in [-0.15, -0.1) is 11.3 Å². The molecule has 0 bridgehead atoms. The Morgan fingerprint density at radius 3 is 2.84 bits per heavy atom. The van der Waals surface area contributed by atoms with Crippen LogP contribution in [0, 0.1) is 0 Å². The van der Waals surface area contributed by atoms with Crippen LogP contribution in [0.1, 0.15) is 31.6 Å². The van der Waals surface area contributed by atoms with Gasteiger partial charge in [0.1, 0.15) is 4.21 Å². The van der Waals surface area contributed by atoms with Crippen molar-refractivity contribution in [1.82, 2.24) is 9.62 Å². The van der Waals surface area contributed by atoms with Crippen LogP contribution in [0.5, 0.6) is 0 Å². The third-order valence-corrected chi connectivity index (χ3v) is 7.02. The molecule has 1 aromatic rings. The van der Waals surface area contributed by atoms with Crippen molar-refractivity contribution in [3.05, 3.63) is 17.0 Å². The summed E-state index contributed by atoms with van der Waals surface area (Å²) in [5.74, 6) is 0. The van der Waals surface area contributed by atoms with E-state index in [-0.39, 0.29) is 0 Å². The summed E-state index contributed by atoms with van der Waals surface area (Å²) in [7, 11) is -3.29. The summed E-state index contributed by atoms with van der Waals surface area (Å²) in [6, 6.07) is 3.96. The van der Waals surface area contributed by atoms with Crippen molar-refractivity contribution in [2.45, 2.75) is 43.4 Å². The topological polar surface area (TPSA) is 49.4 Å². The van der Waals surface area contributed by atoms with Crippen LogP contribution in [0.2, 0.25) is 0 Å². The standard InChI is InChI=1S/C13H22N2O2S2/c1-3-12-7-8-13(18-12)19(16,17)15-9-5-6-11(10-15)14-4-2/h7-8,11,14H,3-6,9-10H2,1-2H3. The van der Waals surface area contributed by atoms with Crippen LogP contribution in [0.4, 0.5) is 0 Å². The summed E-state index contributed by atoms with van der Waals surface area (Å²) in [6.45, 7) is 6.22. The van der Waals surface area contributed by atoms with Gasteiger partial charge >= 0.3 is 0 Å². The van der Waals surface area contributed by atoms with E-state index in [2.05, 4.69) is 12.2 Å². The molecular weight excluding hydrogens is 280 g/mol. The van der Waals surface area contributed by atoms with Crippen LogP contribution in [0.15, 0.2) is 16.3 Å². The molecule has 0 spiro atoms. The van der Waals surface area contributed by atoms with Gasteiger partial charge in [-0.3, -0.25) is 0 Å². The summed E-state index contributed by atoms with van der Waals surface area (Å²) in [6.07, 6.45) is 2.88. The minimum atomic E-state index is -3.29. The zero-order valence-electron chi connectivity index (χ0n) is 11.6. The smallest absolute Gasteiger partial charge is 0.252 e. The second kappa shape index (κ2) is 6.35. The average Bonchev–Trinajstić information content (AvgIpc) is 2.89. The van der Waals surface area contributed by atoms with Crippen molar-refractivity contribution in [2.24, 2.45) is 0 Å². The monoisotopic (exact) mass is 302 g/mol. The summed E-state index contributed by atoms with van der Waals surface area (Å²) in [4.78, 5) is 1.12. The van der Waals surface area contributed by atoms with E-state index in [4.69, 9.17) is 0 Å². The number of hydrogen-bond acceptors (Lipinski definition) is 4. The molecule has 4 nitrogen and oxygen atoms in total. The van der Waals surface area contributed by atoms with Crippen LogP contribution in [-0.2, 0) is 16.4 Å². The first kappa shape index (κ1) is 15.0. The lowest BCUT2D eigenvalue weighted by atomic mass is 10.1. The molecule has 2 heterocycles. The Hall–Kier alpha value is -0.430. The minimum absolute atomic E-state index is 0.291. The Morgan fingerprint density at radius 1 is 1.42 bits per heavy atom. The second-order valence-electron chi connectivity index (χ2n) is 4.83. The molecule has 1 aromatic heterocycles. The number of likely N-dealkylation sites (N-methyl/N-ethyl adjacent to an activating group) is 1. The van der Waals surface area contributed by atoms with Gasteiger partial charge in [0.25, 0.3) is 10.0 Å². The van der Waals surface area contributed by atoms with E-state index >= 15 is 0 Å². The van der Waals surface area contributed by atoms with Crippen molar-refractivity contribution in [3.8, 4) is 0 Å². The highest BCUT2D eigenvalue weighted by molar-refractivity contribution is 7.91. The molecule has 1 unspecified atom stereocenters. The third-order valence-electron chi connectivity index (χ3n) is 3.46. The van der Waals surface area contributed by atoms with Crippen molar-refractivity contribution < 1.29 is 8.42 Å².